The number of carbonyl (C=O) groups is 2. The van der Waals surface area contributed by atoms with Crippen molar-refractivity contribution >= 4 is 11.6 Å². The number of hydrogen-bond acceptors (Lipinski definition) is 4. The largest absolute Gasteiger partial charge is 0.875 e. The van der Waals surface area contributed by atoms with E-state index in [0.29, 0.717) is 12.0 Å². The molecule has 1 aromatic rings. The van der Waals surface area contributed by atoms with Crippen LogP contribution in [0.5, 0.6) is 0 Å². The van der Waals surface area contributed by atoms with Gasteiger partial charge in [-0.05, 0) is 28.4 Å². The van der Waals surface area contributed by atoms with Gasteiger partial charge in [0, 0.05) is 30.8 Å². The van der Waals surface area contributed by atoms with E-state index < -0.39 is 5.92 Å². The Morgan fingerprint density at radius 1 is 0.852 bits per heavy atom. The standard InChI is InChI=1S/C23H28O4/c1-22(2)10-15(24)20(16(25)11-22)19(14-8-6-5-7-9-14)21-17(26)12-23(3,4)13-18(21)27/h5-9,19,24,26H,10-13H2,1-4H3/p-1. The second-order valence-corrected chi connectivity index (χ2v) is 9.42. The van der Waals surface area contributed by atoms with E-state index in [1.807, 2.05) is 58.0 Å². The molecule has 1 unspecified atom stereocenters. The molecule has 4 nitrogen and oxygen atoms in total. The van der Waals surface area contributed by atoms with Gasteiger partial charge in [-0.2, -0.15) is 0 Å². The highest BCUT2D eigenvalue weighted by atomic mass is 16.3. The zero-order valence-electron chi connectivity index (χ0n) is 16.5. The summed E-state index contributed by atoms with van der Waals surface area (Å²) in [7, 11) is 0. The third-order valence-electron chi connectivity index (χ3n) is 5.49. The molecule has 4 heteroatoms. The lowest BCUT2D eigenvalue weighted by Crippen LogP contribution is -2.35. The lowest BCUT2D eigenvalue weighted by molar-refractivity contribution is -0.312. The van der Waals surface area contributed by atoms with E-state index in [0.717, 1.165) is 0 Å². The number of benzene rings is 1. The van der Waals surface area contributed by atoms with Crippen LogP contribution in [0.25, 0.3) is 0 Å². The second kappa shape index (κ2) is 6.66. The van der Waals surface area contributed by atoms with E-state index in [-0.39, 0.29) is 64.3 Å². The van der Waals surface area contributed by atoms with Crippen LogP contribution < -0.4 is 5.11 Å². The summed E-state index contributed by atoms with van der Waals surface area (Å²) in [6.07, 6.45) is 1.19. The van der Waals surface area contributed by atoms with Gasteiger partial charge in [0.1, 0.15) is 5.76 Å². The Morgan fingerprint density at radius 2 is 1.37 bits per heavy atom. The maximum absolute atomic E-state index is 13.0. The minimum atomic E-state index is -0.786. The first-order valence-corrected chi connectivity index (χ1v) is 9.44. The summed E-state index contributed by atoms with van der Waals surface area (Å²) in [5.41, 5.74) is 0.350. The summed E-state index contributed by atoms with van der Waals surface area (Å²) >= 11 is 0. The van der Waals surface area contributed by atoms with Gasteiger partial charge in [0.05, 0.1) is 0 Å². The van der Waals surface area contributed by atoms with Crippen LogP contribution in [0.1, 0.15) is 64.9 Å². The summed E-state index contributed by atoms with van der Waals surface area (Å²) in [6, 6.07) is 9.11. The van der Waals surface area contributed by atoms with Crippen molar-refractivity contribution in [3.05, 3.63) is 58.6 Å². The van der Waals surface area contributed by atoms with Crippen molar-refractivity contribution in [1.82, 2.24) is 0 Å². The number of carbonyl (C=O) groups excluding carboxylic acids is 2. The fourth-order valence-electron chi connectivity index (χ4n) is 4.35. The fraction of sp³-hybridized carbons (Fsp3) is 0.478. The maximum atomic E-state index is 13.0. The van der Waals surface area contributed by atoms with Gasteiger partial charge in [0.25, 0.3) is 0 Å². The van der Waals surface area contributed by atoms with E-state index in [2.05, 4.69) is 0 Å². The molecular formula is C23H27O4-. The average molecular weight is 367 g/mol. The first-order valence-electron chi connectivity index (χ1n) is 9.44. The van der Waals surface area contributed by atoms with Gasteiger partial charge < -0.3 is 10.2 Å². The molecule has 2 aliphatic rings. The molecule has 0 fully saturated rings. The van der Waals surface area contributed by atoms with Crippen molar-refractivity contribution in [1.29, 1.82) is 0 Å². The molecule has 0 saturated carbocycles. The Kier molecular flexibility index (Phi) is 4.79. The lowest BCUT2D eigenvalue weighted by atomic mass is 9.67. The maximum Gasteiger partial charge on any atom is 0.163 e. The number of aliphatic hydroxyl groups is 1. The third kappa shape index (κ3) is 3.85. The topological polar surface area (TPSA) is 77.4 Å². The fourth-order valence-corrected chi connectivity index (χ4v) is 4.35. The zero-order chi connectivity index (χ0) is 20.0. The van der Waals surface area contributed by atoms with Crippen LogP contribution in [0.3, 0.4) is 0 Å². The molecule has 0 radical (unpaired) electrons. The van der Waals surface area contributed by atoms with E-state index in [1.165, 1.54) is 0 Å². The van der Waals surface area contributed by atoms with Gasteiger partial charge in [-0.1, -0.05) is 58.0 Å². The normalized spacial score (nSPS) is 23.6. The molecule has 3 rings (SSSR count). The van der Waals surface area contributed by atoms with Gasteiger partial charge in [-0.25, -0.2) is 0 Å². The number of allylic oxidation sites excluding steroid dienone is 4. The van der Waals surface area contributed by atoms with E-state index in [4.69, 9.17) is 0 Å². The van der Waals surface area contributed by atoms with Crippen molar-refractivity contribution < 1.29 is 19.8 Å². The number of Topliss-reactive ketones (excluding diaryl/α,β-unsaturated/α-hetero) is 2. The summed E-state index contributed by atoms with van der Waals surface area (Å²) in [5.74, 6) is -1.41. The van der Waals surface area contributed by atoms with Gasteiger partial charge in [0.2, 0.25) is 0 Å². The van der Waals surface area contributed by atoms with Gasteiger partial charge >= 0.3 is 0 Å². The van der Waals surface area contributed by atoms with E-state index in [9.17, 15) is 19.8 Å². The molecule has 0 saturated heterocycles. The molecule has 0 aliphatic heterocycles. The van der Waals surface area contributed by atoms with Crippen LogP contribution in [-0.4, -0.2) is 16.7 Å². The highest BCUT2D eigenvalue weighted by molar-refractivity contribution is 6.05. The molecular weight excluding hydrogens is 340 g/mol. The Morgan fingerprint density at radius 3 is 1.89 bits per heavy atom. The highest BCUT2D eigenvalue weighted by Crippen LogP contribution is 2.47. The molecule has 0 bridgehead atoms. The molecule has 144 valence electrons. The van der Waals surface area contributed by atoms with Crippen molar-refractivity contribution in [2.75, 3.05) is 0 Å². The van der Waals surface area contributed by atoms with Crippen LogP contribution >= 0.6 is 0 Å². The summed E-state index contributed by atoms with van der Waals surface area (Å²) in [5, 5.41) is 23.7. The number of aliphatic hydroxyl groups excluding tert-OH is 1. The minimum Gasteiger partial charge on any atom is -0.875 e. The monoisotopic (exact) mass is 367 g/mol. The Labute approximate surface area is 160 Å². The smallest absolute Gasteiger partial charge is 0.163 e. The van der Waals surface area contributed by atoms with Crippen molar-refractivity contribution in [2.45, 2.75) is 59.3 Å². The summed E-state index contributed by atoms with van der Waals surface area (Å²) in [6.45, 7) is 7.67. The lowest BCUT2D eigenvalue weighted by Gasteiger charge is -2.40. The predicted molar refractivity (Wildman–Crippen MR) is 102 cm³/mol. The first kappa shape index (κ1) is 19.4. The van der Waals surface area contributed by atoms with Crippen molar-refractivity contribution in [3.8, 4) is 0 Å². The molecule has 2 aliphatic carbocycles. The minimum absolute atomic E-state index is 0.00281. The Balaban J connectivity index is 2.20. The first-order chi connectivity index (χ1) is 12.5. The van der Waals surface area contributed by atoms with Gasteiger partial charge in [0.15, 0.2) is 11.6 Å². The molecule has 1 aromatic carbocycles. The van der Waals surface area contributed by atoms with Gasteiger partial charge in [-0.3, -0.25) is 9.59 Å². The molecule has 0 spiro atoms. The molecule has 1 atom stereocenters. The molecule has 1 N–H and O–H groups in total. The summed E-state index contributed by atoms with van der Waals surface area (Å²) in [4.78, 5) is 25.9. The molecule has 0 amide bonds. The van der Waals surface area contributed by atoms with Crippen LogP contribution in [0, 0.1) is 10.8 Å². The van der Waals surface area contributed by atoms with Gasteiger partial charge in [-0.15, -0.1) is 5.76 Å². The van der Waals surface area contributed by atoms with Crippen LogP contribution in [-0.2, 0) is 9.59 Å². The van der Waals surface area contributed by atoms with Crippen LogP contribution in [0.2, 0.25) is 0 Å². The molecule has 27 heavy (non-hydrogen) atoms. The Bertz CT molecular complexity index is 788. The van der Waals surface area contributed by atoms with Crippen LogP contribution in [0.15, 0.2) is 53.0 Å². The SMILES string of the molecule is CC1(C)CC(=O)C(C(C2=C(O)CC(C)(C)CC2=O)c2ccccc2)=C([O-])C1. The summed E-state index contributed by atoms with van der Waals surface area (Å²) < 4.78 is 0. The number of hydrogen-bond donors (Lipinski definition) is 1. The van der Waals surface area contributed by atoms with Crippen LogP contribution in [0.4, 0.5) is 0 Å². The second-order valence-electron chi connectivity index (χ2n) is 9.42. The van der Waals surface area contributed by atoms with E-state index >= 15 is 0 Å². The Hall–Kier alpha value is -2.36. The van der Waals surface area contributed by atoms with Crippen molar-refractivity contribution in [2.24, 2.45) is 10.8 Å². The quantitative estimate of drug-likeness (QED) is 0.877. The number of ketones is 2. The zero-order valence-corrected chi connectivity index (χ0v) is 16.5. The molecule has 0 heterocycles. The van der Waals surface area contributed by atoms with E-state index in [1.54, 1.807) is 0 Å². The predicted octanol–water partition coefficient (Wildman–Crippen LogP) is 3.97. The third-order valence-corrected chi connectivity index (χ3v) is 5.49. The average Bonchev–Trinajstić information content (AvgIpc) is 2.50. The van der Waals surface area contributed by atoms with Crippen molar-refractivity contribution in [3.63, 3.8) is 0 Å². The molecule has 0 aromatic heterocycles. The highest BCUT2D eigenvalue weighted by Gasteiger charge is 2.41. The number of rotatable bonds is 3.